The van der Waals surface area contributed by atoms with Crippen LogP contribution in [-0.2, 0) is 6.42 Å². The Hall–Kier alpha value is -3.12. The van der Waals surface area contributed by atoms with Gasteiger partial charge in [-0.05, 0) is 41.6 Å². The molecule has 0 saturated heterocycles. The Morgan fingerprint density at radius 2 is 2.04 bits per heavy atom. The molecule has 0 radical (unpaired) electrons. The number of hydrogen-bond acceptors (Lipinski definition) is 5. The number of amidine groups is 1. The Kier molecular flexibility index (Phi) is 4.18. The number of thiophene rings is 1. The quantitative estimate of drug-likeness (QED) is 0.218. The molecule has 5 nitrogen and oxygen atoms in total. The largest absolute Gasteiger partial charge is 0.382 e. The standard InChI is InChI=1S/C20H19N5S/c1-2-12-4-3-5-14(10-12)23-20-16-8-9-26-18(16)15-7-6-13(19(21)25-22)11-17(15)24-20/h3-11H,2,22H2,1H3,(H2,21,25)(H,23,24). The maximum Gasteiger partial charge on any atom is 0.150 e. The molecule has 130 valence electrons. The zero-order valence-corrected chi connectivity index (χ0v) is 15.2. The van der Waals surface area contributed by atoms with Gasteiger partial charge in [-0.1, -0.05) is 31.2 Å². The minimum absolute atomic E-state index is 0.296. The van der Waals surface area contributed by atoms with Crippen LogP contribution in [0, 0.1) is 0 Å². The predicted octanol–water partition coefficient (Wildman–Crippen LogP) is 4.33. The first-order valence-electron chi connectivity index (χ1n) is 8.40. The molecule has 0 saturated carbocycles. The molecule has 0 aliphatic heterocycles. The molecule has 2 heterocycles. The topological polar surface area (TPSA) is 89.3 Å². The van der Waals surface area contributed by atoms with Gasteiger partial charge in [0, 0.05) is 26.7 Å². The first-order valence-corrected chi connectivity index (χ1v) is 9.28. The molecule has 0 amide bonds. The van der Waals surface area contributed by atoms with E-state index in [1.807, 2.05) is 18.2 Å². The average Bonchev–Trinajstić information content (AvgIpc) is 3.17. The highest BCUT2D eigenvalue weighted by Crippen LogP contribution is 2.35. The van der Waals surface area contributed by atoms with E-state index >= 15 is 0 Å². The SMILES string of the molecule is CCc1cccc(Nc2nc3cc(/C(N)=N/N)ccc3c3sccc23)c1. The molecule has 2 aromatic carbocycles. The van der Waals surface area contributed by atoms with Crippen LogP contribution in [0.3, 0.4) is 0 Å². The normalized spacial score (nSPS) is 12.0. The van der Waals surface area contributed by atoms with Crippen LogP contribution in [-0.4, -0.2) is 10.8 Å². The van der Waals surface area contributed by atoms with Crippen molar-refractivity contribution in [2.24, 2.45) is 16.7 Å². The number of aryl methyl sites for hydroxylation is 1. The van der Waals surface area contributed by atoms with Crippen molar-refractivity contribution >= 4 is 49.7 Å². The van der Waals surface area contributed by atoms with Gasteiger partial charge in [0.2, 0.25) is 0 Å². The number of hydrogen-bond donors (Lipinski definition) is 3. The molecule has 5 N–H and O–H groups in total. The first kappa shape index (κ1) is 16.4. The summed E-state index contributed by atoms with van der Waals surface area (Å²) in [6, 6.07) is 16.4. The third-order valence-electron chi connectivity index (χ3n) is 4.43. The highest BCUT2D eigenvalue weighted by Gasteiger charge is 2.11. The summed E-state index contributed by atoms with van der Waals surface area (Å²) in [5.41, 5.74) is 9.80. The molecule has 0 aliphatic carbocycles. The lowest BCUT2D eigenvalue weighted by Crippen LogP contribution is -2.15. The summed E-state index contributed by atoms with van der Waals surface area (Å²) in [5, 5.41) is 11.3. The fraction of sp³-hybridized carbons (Fsp3) is 0.100. The summed E-state index contributed by atoms with van der Waals surface area (Å²) in [7, 11) is 0. The Morgan fingerprint density at radius 3 is 2.85 bits per heavy atom. The molecule has 4 aromatic rings. The summed E-state index contributed by atoms with van der Waals surface area (Å²) in [6.07, 6.45) is 0.996. The average molecular weight is 361 g/mol. The Labute approximate surface area is 155 Å². The fourth-order valence-electron chi connectivity index (χ4n) is 3.04. The van der Waals surface area contributed by atoms with E-state index in [2.05, 4.69) is 53.1 Å². The van der Waals surface area contributed by atoms with Crippen molar-refractivity contribution in [2.75, 3.05) is 5.32 Å². The van der Waals surface area contributed by atoms with Crippen LogP contribution in [0.2, 0.25) is 0 Å². The van der Waals surface area contributed by atoms with Crippen LogP contribution in [0.5, 0.6) is 0 Å². The predicted molar refractivity (Wildman–Crippen MR) is 111 cm³/mol. The summed E-state index contributed by atoms with van der Waals surface area (Å²) in [4.78, 5) is 4.85. The second kappa shape index (κ2) is 6.65. The highest BCUT2D eigenvalue weighted by atomic mass is 32.1. The number of benzene rings is 2. The van der Waals surface area contributed by atoms with Gasteiger partial charge in [0.15, 0.2) is 0 Å². The van der Waals surface area contributed by atoms with E-state index in [-0.39, 0.29) is 0 Å². The molecule has 0 fully saturated rings. The molecule has 0 aliphatic rings. The minimum Gasteiger partial charge on any atom is -0.382 e. The molecular formula is C20H19N5S. The monoisotopic (exact) mass is 361 g/mol. The fourth-order valence-corrected chi connectivity index (χ4v) is 3.97. The van der Waals surface area contributed by atoms with Crippen LogP contribution in [0.25, 0.3) is 21.0 Å². The van der Waals surface area contributed by atoms with E-state index in [4.69, 9.17) is 16.6 Å². The zero-order chi connectivity index (χ0) is 18.1. The van der Waals surface area contributed by atoms with E-state index in [0.29, 0.717) is 5.84 Å². The van der Waals surface area contributed by atoms with Crippen molar-refractivity contribution in [1.29, 1.82) is 0 Å². The molecule has 26 heavy (non-hydrogen) atoms. The number of anilines is 2. The van der Waals surface area contributed by atoms with Crippen LogP contribution < -0.4 is 16.9 Å². The lowest BCUT2D eigenvalue weighted by molar-refractivity contribution is 1.14. The van der Waals surface area contributed by atoms with Gasteiger partial charge in [0.1, 0.15) is 11.7 Å². The molecule has 2 aromatic heterocycles. The Balaban J connectivity index is 1.87. The second-order valence-electron chi connectivity index (χ2n) is 6.05. The molecule has 0 unspecified atom stereocenters. The summed E-state index contributed by atoms with van der Waals surface area (Å²) >= 11 is 1.70. The summed E-state index contributed by atoms with van der Waals surface area (Å²) in [5.74, 6) is 6.45. The van der Waals surface area contributed by atoms with Gasteiger partial charge in [0.05, 0.1) is 5.52 Å². The molecule has 4 rings (SSSR count). The molecule has 0 bridgehead atoms. The van der Waals surface area contributed by atoms with Gasteiger partial charge in [0.25, 0.3) is 0 Å². The number of nitrogens with one attached hydrogen (secondary N) is 1. The molecule has 0 spiro atoms. The summed E-state index contributed by atoms with van der Waals surface area (Å²) < 4.78 is 1.19. The lowest BCUT2D eigenvalue weighted by atomic mass is 10.1. The highest BCUT2D eigenvalue weighted by molar-refractivity contribution is 7.18. The smallest absolute Gasteiger partial charge is 0.150 e. The second-order valence-corrected chi connectivity index (χ2v) is 6.97. The van der Waals surface area contributed by atoms with Gasteiger partial charge < -0.3 is 16.9 Å². The van der Waals surface area contributed by atoms with E-state index in [1.54, 1.807) is 11.3 Å². The van der Waals surface area contributed by atoms with Gasteiger partial charge in [-0.15, -0.1) is 11.3 Å². The molecule has 0 atom stereocenters. The van der Waals surface area contributed by atoms with Crippen molar-refractivity contribution in [1.82, 2.24) is 4.98 Å². The van der Waals surface area contributed by atoms with Crippen molar-refractivity contribution in [3.05, 3.63) is 65.0 Å². The molecule has 6 heteroatoms. The maximum absolute atomic E-state index is 5.86. The third kappa shape index (κ3) is 2.84. The Morgan fingerprint density at radius 1 is 1.15 bits per heavy atom. The zero-order valence-electron chi connectivity index (χ0n) is 14.4. The van der Waals surface area contributed by atoms with Crippen molar-refractivity contribution in [3.8, 4) is 0 Å². The number of pyridine rings is 1. The Bertz CT molecular complexity index is 1130. The van der Waals surface area contributed by atoms with E-state index in [0.717, 1.165) is 39.8 Å². The number of hydrazone groups is 1. The number of nitrogens with zero attached hydrogens (tertiary/aromatic N) is 2. The van der Waals surface area contributed by atoms with Gasteiger partial charge in [-0.2, -0.15) is 5.10 Å². The van der Waals surface area contributed by atoms with Crippen molar-refractivity contribution < 1.29 is 0 Å². The number of fused-ring (bicyclic) bond motifs is 3. The van der Waals surface area contributed by atoms with Crippen molar-refractivity contribution in [3.63, 3.8) is 0 Å². The lowest BCUT2D eigenvalue weighted by Gasteiger charge is -2.11. The minimum atomic E-state index is 0.296. The number of nitrogens with two attached hydrogens (primary N) is 2. The van der Waals surface area contributed by atoms with Gasteiger partial charge in [-0.25, -0.2) is 4.98 Å². The summed E-state index contributed by atoms with van der Waals surface area (Å²) in [6.45, 7) is 2.15. The number of aromatic nitrogens is 1. The van der Waals surface area contributed by atoms with Crippen molar-refractivity contribution in [2.45, 2.75) is 13.3 Å². The van der Waals surface area contributed by atoms with Crippen LogP contribution >= 0.6 is 11.3 Å². The first-order chi connectivity index (χ1) is 12.7. The van der Waals surface area contributed by atoms with Crippen LogP contribution in [0.1, 0.15) is 18.1 Å². The van der Waals surface area contributed by atoms with Crippen LogP contribution in [0.15, 0.2) is 59.0 Å². The maximum atomic E-state index is 5.86. The van der Waals surface area contributed by atoms with Crippen LogP contribution in [0.4, 0.5) is 11.5 Å². The number of rotatable bonds is 4. The molecular weight excluding hydrogens is 342 g/mol. The van der Waals surface area contributed by atoms with Gasteiger partial charge in [-0.3, -0.25) is 0 Å². The van der Waals surface area contributed by atoms with Gasteiger partial charge >= 0.3 is 0 Å². The van der Waals surface area contributed by atoms with E-state index < -0.39 is 0 Å². The van der Waals surface area contributed by atoms with E-state index in [9.17, 15) is 0 Å². The third-order valence-corrected chi connectivity index (χ3v) is 5.38. The van der Waals surface area contributed by atoms with E-state index in [1.165, 1.54) is 10.3 Å².